The van der Waals surface area contributed by atoms with Gasteiger partial charge in [0, 0.05) is 6.54 Å². The van der Waals surface area contributed by atoms with Crippen LogP contribution in [-0.4, -0.2) is 33.7 Å². The van der Waals surface area contributed by atoms with Gasteiger partial charge in [-0.05, 0) is 56.4 Å². The topological polar surface area (TPSA) is 75.7 Å². The Hall–Kier alpha value is -2.80. The second kappa shape index (κ2) is 10.3. The highest BCUT2D eigenvalue weighted by Crippen LogP contribution is 2.33. The Balaban J connectivity index is 1.70. The molecule has 160 valence electrons. The van der Waals surface area contributed by atoms with Crippen molar-refractivity contribution in [3.05, 3.63) is 66.2 Å². The first-order valence-electron chi connectivity index (χ1n) is 10.2. The molecule has 3 rings (SSSR count). The summed E-state index contributed by atoms with van der Waals surface area (Å²) in [4.78, 5) is 12.5. The van der Waals surface area contributed by atoms with E-state index in [1.807, 2.05) is 18.2 Å². The number of hydrogen-bond acceptors (Lipinski definition) is 4. The Kier molecular flexibility index (Phi) is 7.52. The fourth-order valence-electron chi connectivity index (χ4n) is 3.43. The van der Waals surface area contributed by atoms with Crippen LogP contribution >= 0.6 is 0 Å². The molecule has 0 aliphatic heterocycles. The van der Waals surface area contributed by atoms with E-state index in [-0.39, 0.29) is 12.5 Å². The van der Waals surface area contributed by atoms with Gasteiger partial charge in [0.1, 0.15) is 12.3 Å². The molecule has 2 aromatic carbocycles. The van der Waals surface area contributed by atoms with Gasteiger partial charge in [-0.25, -0.2) is 8.42 Å². The van der Waals surface area contributed by atoms with Crippen LogP contribution in [0.3, 0.4) is 0 Å². The molecule has 30 heavy (non-hydrogen) atoms. The van der Waals surface area contributed by atoms with Crippen molar-refractivity contribution in [3.8, 4) is 11.5 Å². The zero-order chi connectivity index (χ0) is 21.4. The first-order chi connectivity index (χ1) is 14.4. The van der Waals surface area contributed by atoms with Crippen LogP contribution in [0.25, 0.3) is 0 Å². The summed E-state index contributed by atoms with van der Waals surface area (Å²) in [6.07, 6.45) is 8.74. The minimum Gasteiger partial charge on any atom is -0.455 e. The average molecular weight is 429 g/mol. The number of nitrogens with zero attached hydrogens (tertiary/aromatic N) is 1. The third-order valence-electron chi connectivity index (χ3n) is 4.95. The molecule has 2 aromatic rings. The quantitative estimate of drug-likeness (QED) is 0.606. The van der Waals surface area contributed by atoms with Gasteiger partial charge in [0.25, 0.3) is 0 Å². The predicted octanol–water partition coefficient (Wildman–Crippen LogP) is 4.25. The fourth-order valence-corrected chi connectivity index (χ4v) is 4.29. The van der Waals surface area contributed by atoms with E-state index in [2.05, 4.69) is 11.4 Å². The highest BCUT2D eigenvalue weighted by molar-refractivity contribution is 7.92. The van der Waals surface area contributed by atoms with Crippen LogP contribution < -0.4 is 14.4 Å². The zero-order valence-corrected chi connectivity index (χ0v) is 18.0. The molecule has 0 radical (unpaired) electrons. The molecule has 0 atom stereocenters. The summed E-state index contributed by atoms with van der Waals surface area (Å²) in [6.45, 7) is 0.206. The lowest BCUT2D eigenvalue weighted by Crippen LogP contribution is -2.40. The van der Waals surface area contributed by atoms with E-state index in [1.165, 1.54) is 18.4 Å². The third kappa shape index (κ3) is 6.35. The Labute approximate surface area is 178 Å². The van der Waals surface area contributed by atoms with Gasteiger partial charge in [0.05, 0.1) is 11.9 Å². The molecule has 0 fully saturated rings. The number of nitrogens with one attached hydrogen (secondary N) is 1. The summed E-state index contributed by atoms with van der Waals surface area (Å²) in [6, 6.07) is 15.9. The van der Waals surface area contributed by atoms with Gasteiger partial charge in [-0.1, -0.05) is 42.0 Å². The van der Waals surface area contributed by atoms with E-state index in [9.17, 15) is 13.2 Å². The molecule has 0 spiro atoms. The number of benzene rings is 2. The van der Waals surface area contributed by atoms with Gasteiger partial charge >= 0.3 is 0 Å². The molecule has 1 N–H and O–H groups in total. The van der Waals surface area contributed by atoms with Gasteiger partial charge in [0.15, 0.2) is 5.75 Å². The number of allylic oxidation sites excluding steroid dienone is 1. The van der Waals surface area contributed by atoms with Crippen LogP contribution in [0.1, 0.15) is 32.1 Å². The maximum atomic E-state index is 12.5. The van der Waals surface area contributed by atoms with Crippen LogP contribution in [0, 0.1) is 0 Å². The van der Waals surface area contributed by atoms with E-state index < -0.39 is 10.0 Å². The number of sulfonamides is 1. The molecule has 6 nitrogen and oxygen atoms in total. The molecule has 0 heterocycles. The zero-order valence-electron chi connectivity index (χ0n) is 17.2. The molecule has 0 saturated carbocycles. The number of hydrogen-bond donors (Lipinski definition) is 1. The number of carbonyl (C=O) groups excluding carboxylic acids is 1. The maximum Gasteiger partial charge on any atom is 0.240 e. The smallest absolute Gasteiger partial charge is 0.240 e. The van der Waals surface area contributed by atoms with E-state index in [4.69, 9.17) is 4.74 Å². The first kappa shape index (κ1) is 21.9. The van der Waals surface area contributed by atoms with Crippen LogP contribution in [0.15, 0.2) is 66.2 Å². The predicted molar refractivity (Wildman–Crippen MR) is 119 cm³/mol. The molecule has 0 bridgehead atoms. The van der Waals surface area contributed by atoms with Crippen molar-refractivity contribution in [3.63, 3.8) is 0 Å². The van der Waals surface area contributed by atoms with E-state index in [0.717, 1.165) is 29.8 Å². The first-order valence-corrected chi connectivity index (χ1v) is 12.0. The van der Waals surface area contributed by atoms with Gasteiger partial charge in [0.2, 0.25) is 15.9 Å². The van der Waals surface area contributed by atoms with Crippen molar-refractivity contribution in [2.45, 2.75) is 32.1 Å². The summed E-state index contributed by atoms with van der Waals surface area (Å²) >= 11 is 0. The summed E-state index contributed by atoms with van der Waals surface area (Å²) in [7, 11) is -3.69. The normalized spacial score (nSPS) is 14.0. The Morgan fingerprint density at radius 2 is 1.80 bits per heavy atom. The molecular formula is C23H28N2O4S. The number of carbonyl (C=O) groups is 1. The van der Waals surface area contributed by atoms with Crippen molar-refractivity contribution in [1.29, 1.82) is 0 Å². The SMILES string of the molecule is CS(=O)(=O)N(CC(=O)NCCC1=CCCCC1)c1ccccc1Oc1ccccc1. The second-order valence-electron chi connectivity index (χ2n) is 7.36. The van der Waals surface area contributed by atoms with Crippen LogP contribution in [0.2, 0.25) is 0 Å². The monoisotopic (exact) mass is 428 g/mol. The second-order valence-corrected chi connectivity index (χ2v) is 9.27. The molecular weight excluding hydrogens is 400 g/mol. The molecule has 0 unspecified atom stereocenters. The minimum absolute atomic E-state index is 0.299. The molecule has 0 saturated heterocycles. The van der Waals surface area contributed by atoms with Crippen molar-refractivity contribution in [1.82, 2.24) is 5.32 Å². The van der Waals surface area contributed by atoms with Gasteiger partial charge in [-0.15, -0.1) is 0 Å². The number of rotatable bonds is 9. The number of amides is 1. The third-order valence-corrected chi connectivity index (χ3v) is 6.07. The Morgan fingerprint density at radius 3 is 2.50 bits per heavy atom. The average Bonchev–Trinajstić information content (AvgIpc) is 2.73. The van der Waals surface area contributed by atoms with Gasteiger partial charge < -0.3 is 10.1 Å². The van der Waals surface area contributed by atoms with Gasteiger partial charge in [-0.3, -0.25) is 9.10 Å². The highest BCUT2D eigenvalue weighted by Gasteiger charge is 2.24. The lowest BCUT2D eigenvalue weighted by molar-refractivity contribution is -0.119. The highest BCUT2D eigenvalue weighted by atomic mass is 32.2. The van der Waals surface area contributed by atoms with Crippen LogP contribution in [-0.2, 0) is 14.8 Å². The van der Waals surface area contributed by atoms with Gasteiger partial charge in [-0.2, -0.15) is 0 Å². The summed E-state index contributed by atoms with van der Waals surface area (Å²) in [5.41, 5.74) is 1.69. The summed E-state index contributed by atoms with van der Waals surface area (Å²) < 4.78 is 31.9. The van der Waals surface area contributed by atoms with Crippen LogP contribution in [0.4, 0.5) is 5.69 Å². The van der Waals surface area contributed by atoms with Crippen molar-refractivity contribution in [2.75, 3.05) is 23.7 Å². The van der Waals surface area contributed by atoms with E-state index >= 15 is 0 Å². The molecule has 1 aliphatic rings. The number of anilines is 1. The van der Waals surface area contributed by atoms with Crippen molar-refractivity contribution < 1.29 is 17.9 Å². The van der Waals surface area contributed by atoms with E-state index in [1.54, 1.807) is 36.4 Å². The molecule has 7 heteroatoms. The molecule has 1 amide bonds. The Morgan fingerprint density at radius 1 is 1.07 bits per heavy atom. The lowest BCUT2D eigenvalue weighted by Gasteiger charge is -2.24. The minimum atomic E-state index is -3.69. The van der Waals surface area contributed by atoms with Crippen molar-refractivity contribution in [2.24, 2.45) is 0 Å². The number of para-hydroxylation sites is 3. The summed E-state index contributed by atoms with van der Waals surface area (Å²) in [5.74, 6) is 0.615. The van der Waals surface area contributed by atoms with Crippen molar-refractivity contribution >= 4 is 21.6 Å². The molecule has 0 aromatic heterocycles. The fraction of sp³-hybridized carbons (Fsp3) is 0.348. The summed E-state index contributed by atoms with van der Waals surface area (Å²) in [5, 5.41) is 2.84. The lowest BCUT2D eigenvalue weighted by atomic mass is 9.97. The Bertz CT molecular complexity index is 987. The standard InChI is InChI=1S/C23H28N2O4S/c1-30(27,28)25(18-23(26)24-17-16-19-10-4-2-5-11-19)21-14-8-9-15-22(21)29-20-12-6-3-7-13-20/h3,6-10,12-15H,2,4-5,11,16-18H2,1H3,(H,24,26). The largest absolute Gasteiger partial charge is 0.455 e. The van der Waals surface area contributed by atoms with E-state index in [0.29, 0.717) is 23.7 Å². The van der Waals surface area contributed by atoms with Crippen LogP contribution in [0.5, 0.6) is 11.5 Å². The maximum absolute atomic E-state index is 12.5. The number of ether oxygens (including phenoxy) is 1. The molecule has 1 aliphatic carbocycles.